The third kappa shape index (κ3) is 5.18. The van der Waals surface area contributed by atoms with E-state index in [2.05, 4.69) is 15.6 Å². The first-order valence-corrected chi connectivity index (χ1v) is 9.19. The summed E-state index contributed by atoms with van der Waals surface area (Å²) in [4.78, 5) is 16.5. The molecule has 1 saturated heterocycles. The van der Waals surface area contributed by atoms with Gasteiger partial charge in [0.1, 0.15) is 0 Å². The molecule has 2 N–H and O–H groups in total. The van der Waals surface area contributed by atoms with Crippen LogP contribution in [0.1, 0.15) is 25.7 Å². The molecule has 1 aliphatic rings. The van der Waals surface area contributed by atoms with Crippen LogP contribution in [0.2, 0.25) is 5.02 Å². The molecule has 2 heterocycles. The van der Waals surface area contributed by atoms with Crippen molar-refractivity contribution in [1.82, 2.24) is 10.3 Å². The van der Waals surface area contributed by atoms with Crippen LogP contribution < -0.4 is 10.6 Å². The van der Waals surface area contributed by atoms with Crippen LogP contribution in [-0.2, 0) is 4.79 Å². The number of rotatable bonds is 5. The summed E-state index contributed by atoms with van der Waals surface area (Å²) in [5, 5.41) is 9.47. The van der Waals surface area contributed by atoms with Crippen molar-refractivity contribution >= 4 is 46.4 Å². The number of aromatic nitrogens is 1. The maximum Gasteiger partial charge on any atom is 0.226 e. The van der Waals surface area contributed by atoms with E-state index in [1.165, 1.54) is 24.2 Å². The van der Waals surface area contributed by atoms with Crippen LogP contribution in [0, 0.1) is 5.92 Å². The molecular weight excluding hydrogens is 365 g/mol. The second-order valence-corrected chi connectivity index (χ2v) is 7.06. The van der Waals surface area contributed by atoms with Crippen molar-refractivity contribution in [2.75, 3.05) is 18.4 Å². The topological polar surface area (TPSA) is 54.0 Å². The Morgan fingerprint density at radius 2 is 2.08 bits per heavy atom. The largest absolute Gasteiger partial charge is 0.317 e. The number of nitrogens with zero attached hydrogens (tertiary/aromatic N) is 1. The van der Waals surface area contributed by atoms with Crippen molar-refractivity contribution in [2.45, 2.75) is 25.7 Å². The third-order valence-corrected chi connectivity index (χ3v) is 5.23. The Kier molecular flexibility index (Phi) is 7.49. The molecule has 1 aromatic heterocycles. The smallest absolute Gasteiger partial charge is 0.226 e. The van der Waals surface area contributed by atoms with E-state index in [4.69, 9.17) is 11.6 Å². The summed E-state index contributed by atoms with van der Waals surface area (Å²) in [7, 11) is 0. The van der Waals surface area contributed by atoms with Crippen LogP contribution in [0.25, 0.3) is 11.3 Å². The SMILES string of the molecule is Cl.O=C(CCC1CCNCC1)Nc1nc(-c2ccccc2Cl)cs1. The van der Waals surface area contributed by atoms with Crippen molar-refractivity contribution < 1.29 is 4.79 Å². The molecule has 1 amide bonds. The lowest BCUT2D eigenvalue weighted by molar-refractivity contribution is -0.116. The van der Waals surface area contributed by atoms with Crippen LogP contribution in [0.3, 0.4) is 0 Å². The van der Waals surface area contributed by atoms with E-state index >= 15 is 0 Å². The molecule has 130 valence electrons. The highest BCUT2D eigenvalue weighted by Crippen LogP contribution is 2.30. The first kappa shape index (κ1) is 19.2. The van der Waals surface area contributed by atoms with Gasteiger partial charge in [-0.05, 0) is 44.3 Å². The lowest BCUT2D eigenvalue weighted by Gasteiger charge is -2.21. The van der Waals surface area contributed by atoms with E-state index in [-0.39, 0.29) is 18.3 Å². The highest BCUT2D eigenvalue weighted by Gasteiger charge is 2.15. The third-order valence-electron chi connectivity index (χ3n) is 4.14. The zero-order valence-electron chi connectivity index (χ0n) is 13.3. The average Bonchev–Trinajstić information content (AvgIpc) is 3.02. The van der Waals surface area contributed by atoms with Gasteiger partial charge in [-0.15, -0.1) is 23.7 Å². The highest BCUT2D eigenvalue weighted by atomic mass is 35.5. The van der Waals surface area contributed by atoms with Crippen molar-refractivity contribution in [2.24, 2.45) is 5.92 Å². The number of amides is 1. The molecule has 1 fully saturated rings. The van der Waals surface area contributed by atoms with E-state index in [0.717, 1.165) is 30.8 Å². The fraction of sp³-hybridized carbons (Fsp3) is 0.412. The lowest BCUT2D eigenvalue weighted by atomic mass is 9.93. The molecule has 0 atom stereocenters. The molecule has 0 spiro atoms. The minimum atomic E-state index is 0. The summed E-state index contributed by atoms with van der Waals surface area (Å²) in [5.41, 5.74) is 1.69. The number of thiazole rings is 1. The van der Waals surface area contributed by atoms with Gasteiger partial charge in [0.05, 0.1) is 5.69 Å². The van der Waals surface area contributed by atoms with Crippen LogP contribution in [0.5, 0.6) is 0 Å². The summed E-state index contributed by atoms with van der Waals surface area (Å²) >= 11 is 7.61. The summed E-state index contributed by atoms with van der Waals surface area (Å²) in [6, 6.07) is 7.59. The van der Waals surface area contributed by atoms with Gasteiger partial charge in [0.25, 0.3) is 0 Å². The second kappa shape index (κ2) is 9.37. The standard InChI is InChI=1S/C17H20ClN3OS.ClH/c18-14-4-2-1-3-13(14)15-11-23-17(20-15)21-16(22)6-5-12-7-9-19-10-8-12;/h1-4,11-12,19H,5-10H2,(H,20,21,22);1H. The number of hydrogen-bond acceptors (Lipinski definition) is 4. The van der Waals surface area contributed by atoms with Crippen molar-refractivity contribution in [3.8, 4) is 11.3 Å². The number of nitrogens with one attached hydrogen (secondary N) is 2. The van der Waals surface area contributed by atoms with Crippen LogP contribution in [0.15, 0.2) is 29.6 Å². The zero-order chi connectivity index (χ0) is 16.1. The number of benzene rings is 1. The summed E-state index contributed by atoms with van der Waals surface area (Å²) in [6.45, 7) is 2.14. The number of carbonyl (C=O) groups is 1. The Balaban J connectivity index is 0.00000208. The normalized spacial score (nSPS) is 14.9. The van der Waals surface area contributed by atoms with Gasteiger partial charge < -0.3 is 10.6 Å². The first-order chi connectivity index (χ1) is 11.2. The maximum atomic E-state index is 12.1. The average molecular weight is 386 g/mol. The van der Waals surface area contributed by atoms with E-state index in [1.807, 2.05) is 29.6 Å². The van der Waals surface area contributed by atoms with Crippen molar-refractivity contribution in [1.29, 1.82) is 0 Å². The Bertz CT molecular complexity index is 671. The van der Waals surface area contributed by atoms with Crippen LogP contribution in [-0.4, -0.2) is 24.0 Å². The van der Waals surface area contributed by atoms with Crippen LogP contribution in [0.4, 0.5) is 5.13 Å². The minimum absolute atomic E-state index is 0. The predicted octanol–water partition coefficient (Wildman–Crippen LogP) is 4.60. The number of hydrogen-bond donors (Lipinski definition) is 2. The Labute approximate surface area is 157 Å². The van der Waals surface area contributed by atoms with Gasteiger partial charge in [0.15, 0.2) is 5.13 Å². The highest BCUT2D eigenvalue weighted by molar-refractivity contribution is 7.14. The van der Waals surface area contributed by atoms with E-state index < -0.39 is 0 Å². The predicted molar refractivity (Wildman–Crippen MR) is 103 cm³/mol. The van der Waals surface area contributed by atoms with Crippen molar-refractivity contribution in [3.63, 3.8) is 0 Å². The molecule has 3 rings (SSSR count). The van der Waals surface area contributed by atoms with E-state index in [0.29, 0.717) is 22.5 Å². The number of piperidine rings is 1. The first-order valence-electron chi connectivity index (χ1n) is 7.93. The molecule has 0 saturated carbocycles. The molecule has 4 nitrogen and oxygen atoms in total. The molecule has 1 aliphatic heterocycles. The maximum absolute atomic E-state index is 12.1. The number of carbonyl (C=O) groups excluding carboxylic acids is 1. The Morgan fingerprint density at radius 3 is 2.83 bits per heavy atom. The Morgan fingerprint density at radius 1 is 1.33 bits per heavy atom. The van der Waals surface area contributed by atoms with E-state index in [9.17, 15) is 4.79 Å². The lowest BCUT2D eigenvalue weighted by Crippen LogP contribution is -2.28. The van der Waals surface area contributed by atoms with E-state index in [1.54, 1.807) is 0 Å². The van der Waals surface area contributed by atoms with Crippen molar-refractivity contribution in [3.05, 3.63) is 34.7 Å². The molecule has 0 unspecified atom stereocenters. The summed E-state index contributed by atoms with van der Waals surface area (Å²) in [6.07, 6.45) is 3.85. The molecule has 1 aromatic carbocycles. The Hall–Kier alpha value is -1.14. The molecule has 0 aliphatic carbocycles. The van der Waals surface area contributed by atoms with Gasteiger partial charge in [0.2, 0.25) is 5.91 Å². The quantitative estimate of drug-likeness (QED) is 0.790. The summed E-state index contributed by atoms with van der Waals surface area (Å²) in [5.74, 6) is 0.709. The fourth-order valence-corrected chi connectivity index (χ4v) is 3.77. The molecular formula is C17H21Cl2N3OS. The molecule has 0 bridgehead atoms. The van der Waals surface area contributed by atoms with Gasteiger partial charge in [0, 0.05) is 22.4 Å². The molecule has 2 aromatic rings. The number of anilines is 1. The fourth-order valence-electron chi connectivity index (χ4n) is 2.81. The van der Waals surface area contributed by atoms with Gasteiger partial charge in [-0.2, -0.15) is 0 Å². The van der Waals surface area contributed by atoms with Gasteiger partial charge in [-0.1, -0.05) is 29.8 Å². The second-order valence-electron chi connectivity index (χ2n) is 5.80. The molecule has 24 heavy (non-hydrogen) atoms. The van der Waals surface area contributed by atoms with Gasteiger partial charge in [-0.3, -0.25) is 4.79 Å². The van der Waals surface area contributed by atoms with Gasteiger partial charge >= 0.3 is 0 Å². The number of halogens is 2. The van der Waals surface area contributed by atoms with Gasteiger partial charge in [-0.25, -0.2) is 4.98 Å². The monoisotopic (exact) mass is 385 g/mol. The molecule has 7 heteroatoms. The minimum Gasteiger partial charge on any atom is -0.317 e. The molecule has 0 radical (unpaired) electrons. The van der Waals surface area contributed by atoms with Crippen LogP contribution >= 0.6 is 35.3 Å². The zero-order valence-corrected chi connectivity index (χ0v) is 15.6. The summed E-state index contributed by atoms with van der Waals surface area (Å²) < 4.78 is 0.